The average Bonchev–Trinajstić information content (AvgIpc) is 2.70. The molecule has 0 aromatic heterocycles. The summed E-state index contributed by atoms with van der Waals surface area (Å²) < 4.78 is 0. The van der Waals surface area contributed by atoms with Crippen LogP contribution >= 0.6 is 6.17 Å². The van der Waals surface area contributed by atoms with Gasteiger partial charge in [0.2, 0.25) is 0 Å². The molecule has 0 aliphatic rings. The van der Waals surface area contributed by atoms with Gasteiger partial charge in [0.1, 0.15) is 0 Å². The van der Waals surface area contributed by atoms with Crippen molar-refractivity contribution in [2.24, 2.45) is 0 Å². The van der Waals surface area contributed by atoms with Gasteiger partial charge in [-0.15, -0.1) is 0 Å². The van der Waals surface area contributed by atoms with Crippen LogP contribution in [0.1, 0.15) is 11.1 Å². The van der Waals surface area contributed by atoms with Crippen LogP contribution in [0.4, 0.5) is 0 Å². The van der Waals surface area contributed by atoms with Crippen molar-refractivity contribution in [3.05, 3.63) is 96.1 Å². The first-order chi connectivity index (χ1) is 12.8. The predicted molar refractivity (Wildman–Crippen MR) is 118 cm³/mol. The van der Waals surface area contributed by atoms with Crippen molar-refractivity contribution in [2.75, 3.05) is 12.3 Å². The number of rotatable bonds is 6. The van der Waals surface area contributed by atoms with Gasteiger partial charge in [0.25, 0.3) is 0 Å². The fourth-order valence-corrected chi connectivity index (χ4v) is 5.80. The van der Waals surface area contributed by atoms with E-state index < -0.39 is 0 Å². The molecule has 128 valence electrons. The van der Waals surface area contributed by atoms with Crippen molar-refractivity contribution in [2.45, 2.75) is 12.8 Å². The van der Waals surface area contributed by atoms with Crippen LogP contribution in [0.2, 0.25) is 0 Å². The molecule has 0 nitrogen and oxygen atoms in total. The molecule has 0 atom stereocenters. The zero-order valence-corrected chi connectivity index (χ0v) is 17.4. The van der Waals surface area contributed by atoms with Crippen LogP contribution in [0.3, 0.4) is 0 Å². The molecule has 4 rings (SSSR count). The maximum atomic E-state index is 3.46. The van der Waals surface area contributed by atoms with E-state index in [-0.39, 0.29) is 6.17 Å². The summed E-state index contributed by atoms with van der Waals surface area (Å²) in [6.45, 7) is 0. The minimum atomic E-state index is -0.0393. The second-order valence-corrected chi connectivity index (χ2v) is 11.9. The molecular weight excluding hydrogens is 398 g/mol. The molecule has 0 unspecified atom stereocenters. The second-order valence-electron chi connectivity index (χ2n) is 6.79. The molecule has 0 N–H and O–H groups in total. The standard InChI is InChI=1S/C24H22PSe/c26-25(15-13-19-9-11-21-5-1-3-7-23(21)17-19)16-14-20-10-12-22-6-2-4-8-24(22)18-20/h1-12,17-18H,13-16H2/q+1. The Kier molecular flexibility index (Phi) is 5.61. The van der Waals surface area contributed by atoms with Crippen LogP contribution in [0, 0.1) is 0 Å². The van der Waals surface area contributed by atoms with E-state index in [4.69, 9.17) is 0 Å². The summed E-state index contributed by atoms with van der Waals surface area (Å²) >= 11 is 3.46. The molecule has 0 aliphatic heterocycles. The summed E-state index contributed by atoms with van der Waals surface area (Å²) in [7, 11) is 0. The van der Waals surface area contributed by atoms with Crippen molar-refractivity contribution in [3.63, 3.8) is 0 Å². The van der Waals surface area contributed by atoms with E-state index in [2.05, 4.69) is 100 Å². The molecule has 0 saturated heterocycles. The Hall–Kier alpha value is -1.78. The molecule has 0 radical (unpaired) electrons. The normalized spacial score (nSPS) is 11.1. The van der Waals surface area contributed by atoms with E-state index in [9.17, 15) is 0 Å². The molecule has 0 spiro atoms. The van der Waals surface area contributed by atoms with E-state index in [1.165, 1.54) is 57.8 Å². The molecule has 0 amide bonds. The first kappa shape index (κ1) is 17.6. The molecule has 0 aliphatic carbocycles. The van der Waals surface area contributed by atoms with Gasteiger partial charge in [-0.25, -0.2) is 0 Å². The SMILES string of the molecule is [Se]=[P+](CCc1ccc2ccccc2c1)CCc1ccc2ccccc2c1. The summed E-state index contributed by atoms with van der Waals surface area (Å²) in [5.74, 6) is 0. The Morgan fingerprint density at radius 1 is 0.538 bits per heavy atom. The van der Waals surface area contributed by atoms with Gasteiger partial charge in [0.15, 0.2) is 0 Å². The predicted octanol–water partition coefficient (Wildman–Crippen LogP) is 6.34. The molecule has 0 saturated carbocycles. The van der Waals surface area contributed by atoms with Gasteiger partial charge in [0, 0.05) is 0 Å². The van der Waals surface area contributed by atoms with E-state index in [1.807, 2.05) is 0 Å². The van der Waals surface area contributed by atoms with Gasteiger partial charge in [0.05, 0.1) is 0 Å². The Morgan fingerprint density at radius 3 is 1.42 bits per heavy atom. The van der Waals surface area contributed by atoms with Gasteiger partial charge < -0.3 is 0 Å². The average molecular weight is 420 g/mol. The molecular formula is C24H22PSe+. The molecule has 0 heterocycles. The maximum absolute atomic E-state index is 3.46. The van der Waals surface area contributed by atoms with E-state index >= 15 is 0 Å². The van der Waals surface area contributed by atoms with Crippen molar-refractivity contribution in [1.82, 2.24) is 0 Å². The summed E-state index contributed by atoms with van der Waals surface area (Å²) in [5, 5.41) is 5.37. The van der Waals surface area contributed by atoms with E-state index in [0.29, 0.717) is 0 Å². The van der Waals surface area contributed by atoms with Crippen LogP contribution in [-0.2, 0) is 12.8 Å². The van der Waals surface area contributed by atoms with Gasteiger partial charge in [-0.2, -0.15) is 0 Å². The molecule has 2 heteroatoms. The Balaban J connectivity index is 1.34. The first-order valence-electron chi connectivity index (χ1n) is 9.15. The van der Waals surface area contributed by atoms with Crippen LogP contribution in [0.15, 0.2) is 84.9 Å². The fraction of sp³-hybridized carbons (Fsp3) is 0.167. The summed E-state index contributed by atoms with van der Waals surface area (Å²) in [5.41, 5.74) is 2.91. The monoisotopic (exact) mass is 421 g/mol. The Labute approximate surface area is 163 Å². The van der Waals surface area contributed by atoms with E-state index in [0.717, 1.165) is 0 Å². The molecule has 4 aromatic rings. The van der Waals surface area contributed by atoms with Gasteiger partial charge in [-0.3, -0.25) is 0 Å². The quantitative estimate of drug-likeness (QED) is 0.252. The number of benzene rings is 4. The Bertz CT molecular complexity index is 982. The number of aryl methyl sites for hydroxylation is 2. The summed E-state index contributed by atoms with van der Waals surface area (Å²) in [6, 6.07) is 31.0. The zero-order valence-electron chi connectivity index (χ0n) is 14.8. The summed E-state index contributed by atoms with van der Waals surface area (Å²) in [4.78, 5) is 0. The van der Waals surface area contributed by atoms with Crippen molar-refractivity contribution < 1.29 is 0 Å². The summed E-state index contributed by atoms with van der Waals surface area (Å²) in [6.07, 6.45) is 4.83. The molecule has 0 fully saturated rings. The third-order valence-electron chi connectivity index (χ3n) is 4.93. The van der Waals surface area contributed by atoms with Gasteiger partial charge >= 0.3 is 164 Å². The number of hydrogen-bond acceptors (Lipinski definition) is 0. The van der Waals surface area contributed by atoms with Crippen molar-refractivity contribution in [3.8, 4) is 0 Å². The third kappa shape index (κ3) is 4.30. The van der Waals surface area contributed by atoms with Crippen LogP contribution in [0.25, 0.3) is 21.5 Å². The first-order valence-corrected chi connectivity index (χ1v) is 13.1. The third-order valence-corrected chi connectivity index (χ3v) is 8.67. The van der Waals surface area contributed by atoms with Crippen LogP contribution in [0.5, 0.6) is 0 Å². The molecule has 0 bridgehead atoms. The van der Waals surface area contributed by atoms with Crippen LogP contribution in [-0.4, -0.2) is 27.4 Å². The van der Waals surface area contributed by atoms with Gasteiger partial charge in [-0.1, -0.05) is 0 Å². The van der Waals surface area contributed by atoms with Crippen molar-refractivity contribution in [1.29, 1.82) is 0 Å². The zero-order chi connectivity index (χ0) is 17.8. The molecule has 26 heavy (non-hydrogen) atoms. The van der Waals surface area contributed by atoms with E-state index in [1.54, 1.807) is 0 Å². The second kappa shape index (κ2) is 8.28. The minimum absolute atomic E-state index is 0.0393. The fourth-order valence-electron chi connectivity index (χ4n) is 3.41. The number of fused-ring (bicyclic) bond motifs is 2. The molecule has 4 aromatic carbocycles. The topological polar surface area (TPSA) is 0 Å². The Morgan fingerprint density at radius 2 is 0.962 bits per heavy atom. The van der Waals surface area contributed by atoms with Crippen LogP contribution < -0.4 is 0 Å². The number of hydrogen-bond donors (Lipinski definition) is 0. The van der Waals surface area contributed by atoms with Crippen molar-refractivity contribution >= 4 is 42.8 Å². The van der Waals surface area contributed by atoms with Gasteiger partial charge in [-0.05, 0) is 0 Å².